The lowest BCUT2D eigenvalue weighted by Gasteiger charge is -2.17. The Balaban J connectivity index is 3.12. The summed E-state index contributed by atoms with van der Waals surface area (Å²) in [6.45, 7) is 8.49. The number of carbonyl (C=O) groups is 1. The molecule has 0 atom stereocenters. The van der Waals surface area contributed by atoms with Gasteiger partial charge in [-0.3, -0.25) is 4.79 Å². The van der Waals surface area contributed by atoms with Crippen molar-refractivity contribution >= 4 is 14.3 Å². The maximum Gasteiger partial charge on any atom is 0.292 e. The molecule has 0 amide bonds. The molecular weight excluding hydrogens is 336 g/mol. The number of unbranched alkanes of at least 4 members (excludes halogenated alkanes) is 16. The normalized spacial score (nSPS) is 11.7. The maximum absolute atomic E-state index is 11.6. The highest BCUT2D eigenvalue weighted by Gasteiger charge is 2.19. The first kappa shape index (κ1) is 25.7. The zero-order chi connectivity index (χ0) is 19.5. The highest BCUT2D eigenvalue weighted by atomic mass is 28.4. The van der Waals surface area contributed by atoms with Gasteiger partial charge in [0, 0.05) is 6.42 Å². The van der Waals surface area contributed by atoms with E-state index in [4.69, 9.17) is 4.43 Å². The quantitative estimate of drug-likeness (QED) is 0.165. The first-order chi connectivity index (χ1) is 12.5. The molecule has 0 heterocycles. The van der Waals surface area contributed by atoms with Crippen molar-refractivity contribution in [3.05, 3.63) is 0 Å². The van der Waals surface area contributed by atoms with Crippen molar-refractivity contribution in [2.75, 3.05) is 0 Å². The van der Waals surface area contributed by atoms with Crippen LogP contribution in [-0.2, 0) is 9.22 Å². The topological polar surface area (TPSA) is 26.3 Å². The summed E-state index contributed by atoms with van der Waals surface area (Å²) in [5.41, 5.74) is 0. The third kappa shape index (κ3) is 21.7. The molecule has 3 heteroatoms. The number of rotatable bonds is 19. The average Bonchev–Trinajstić information content (AvgIpc) is 2.56. The van der Waals surface area contributed by atoms with Gasteiger partial charge in [-0.25, -0.2) is 0 Å². The monoisotopic (exact) mass is 384 g/mol. The molecule has 0 unspecified atom stereocenters. The van der Waals surface area contributed by atoms with Gasteiger partial charge in [-0.2, -0.15) is 0 Å². The highest BCUT2D eigenvalue weighted by Crippen LogP contribution is 2.14. The Morgan fingerprint density at radius 1 is 0.577 bits per heavy atom. The van der Waals surface area contributed by atoms with Crippen LogP contribution < -0.4 is 0 Å². The van der Waals surface area contributed by atoms with Gasteiger partial charge in [-0.15, -0.1) is 0 Å². The molecule has 0 saturated carbocycles. The second-order valence-electron chi connectivity index (χ2n) is 8.99. The molecular formula is C23H48O2Si. The Labute approximate surface area is 166 Å². The first-order valence-corrected chi connectivity index (χ1v) is 15.1. The summed E-state index contributed by atoms with van der Waals surface area (Å²) >= 11 is 0. The van der Waals surface area contributed by atoms with E-state index >= 15 is 0 Å². The van der Waals surface area contributed by atoms with Crippen LogP contribution in [0.1, 0.15) is 122 Å². The van der Waals surface area contributed by atoms with Crippen LogP contribution in [-0.4, -0.2) is 14.3 Å². The van der Waals surface area contributed by atoms with E-state index in [1.54, 1.807) is 0 Å². The zero-order valence-electron chi connectivity index (χ0n) is 18.5. The van der Waals surface area contributed by atoms with Crippen LogP contribution in [0.15, 0.2) is 0 Å². The van der Waals surface area contributed by atoms with Crippen molar-refractivity contribution in [1.29, 1.82) is 0 Å². The molecule has 0 aliphatic carbocycles. The standard InChI is InChI=1S/C23H48O2Si/c1-5-6-7-8-9-10-11-12-13-14-15-16-17-18-19-20-21-22-23(24)25-26(2,3)4/h5-22H2,1-4H3. The van der Waals surface area contributed by atoms with E-state index in [-0.39, 0.29) is 5.97 Å². The summed E-state index contributed by atoms with van der Waals surface area (Å²) in [5, 5.41) is 0. The van der Waals surface area contributed by atoms with Crippen LogP contribution >= 0.6 is 0 Å². The predicted molar refractivity (Wildman–Crippen MR) is 118 cm³/mol. The summed E-state index contributed by atoms with van der Waals surface area (Å²) in [6, 6.07) is 0. The summed E-state index contributed by atoms with van der Waals surface area (Å²) in [7, 11) is -1.68. The highest BCUT2D eigenvalue weighted by molar-refractivity contribution is 6.71. The second kappa shape index (κ2) is 18.1. The van der Waals surface area contributed by atoms with Crippen molar-refractivity contribution in [2.24, 2.45) is 0 Å². The van der Waals surface area contributed by atoms with Gasteiger partial charge in [0.2, 0.25) is 8.32 Å². The van der Waals surface area contributed by atoms with E-state index in [0.29, 0.717) is 6.42 Å². The third-order valence-electron chi connectivity index (χ3n) is 4.90. The molecule has 0 aromatic rings. The first-order valence-electron chi connectivity index (χ1n) is 11.7. The lowest BCUT2D eigenvalue weighted by Crippen LogP contribution is -2.28. The maximum atomic E-state index is 11.6. The van der Waals surface area contributed by atoms with Crippen LogP contribution in [0.5, 0.6) is 0 Å². The molecule has 0 aliphatic heterocycles. The van der Waals surface area contributed by atoms with E-state index in [1.165, 1.54) is 103 Å². The number of carbonyl (C=O) groups excluding carboxylic acids is 1. The van der Waals surface area contributed by atoms with Gasteiger partial charge < -0.3 is 4.43 Å². The van der Waals surface area contributed by atoms with Gasteiger partial charge in [0.1, 0.15) is 0 Å². The molecule has 2 nitrogen and oxygen atoms in total. The molecule has 0 aromatic carbocycles. The van der Waals surface area contributed by atoms with Crippen molar-refractivity contribution in [2.45, 2.75) is 142 Å². The molecule has 0 aromatic heterocycles. The minimum atomic E-state index is -1.68. The van der Waals surface area contributed by atoms with Crippen LogP contribution in [0.3, 0.4) is 0 Å². The molecule has 0 aliphatic rings. The minimum absolute atomic E-state index is 0.0186. The summed E-state index contributed by atoms with van der Waals surface area (Å²) in [4.78, 5) is 11.6. The van der Waals surface area contributed by atoms with Gasteiger partial charge in [0.05, 0.1) is 0 Å². The zero-order valence-corrected chi connectivity index (χ0v) is 19.5. The van der Waals surface area contributed by atoms with Crippen molar-refractivity contribution in [1.82, 2.24) is 0 Å². The predicted octanol–water partition coefficient (Wildman–Crippen LogP) is 8.41. The van der Waals surface area contributed by atoms with Crippen LogP contribution in [0, 0.1) is 0 Å². The lowest BCUT2D eigenvalue weighted by molar-refractivity contribution is -0.135. The van der Waals surface area contributed by atoms with Gasteiger partial charge in [0.15, 0.2) is 0 Å². The van der Waals surface area contributed by atoms with Crippen molar-refractivity contribution < 1.29 is 9.22 Å². The van der Waals surface area contributed by atoms with E-state index in [9.17, 15) is 4.79 Å². The molecule has 0 rings (SSSR count). The van der Waals surface area contributed by atoms with Crippen molar-refractivity contribution in [3.8, 4) is 0 Å². The fourth-order valence-electron chi connectivity index (χ4n) is 3.39. The molecule has 0 bridgehead atoms. The molecule has 0 radical (unpaired) electrons. The van der Waals surface area contributed by atoms with Gasteiger partial charge in [-0.1, -0.05) is 110 Å². The van der Waals surface area contributed by atoms with E-state index in [1.807, 2.05) is 0 Å². The molecule has 26 heavy (non-hydrogen) atoms. The summed E-state index contributed by atoms with van der Waals surface area (Å²) < 4.78 is 5.47. The Hall–Kier alpha value is -0.313. The molecule has 0 fully saturated rings. The Bertz CT molecular complexity index is 310. The van der Waals surface area contributed by atoms with Crippen LogP contribution in [0.25, 0.3) is 0 Å². The lowest BCUT2D eigenvalue weighted by atomic mass is 10.0. The second-order valence-corrected chi connectivity index (χ2v) is 13.4. The smallest absolute Gasteiger partial charge is 0.292 e. The molecule has 0 saturated heterocycles. The van der Waals surface area contributed by atoms with Crippen LogP contribution in [0.2, 0.25) is 19.6 Å². The van der Waals surface area contributed by atoms with Gasteiger partial charge in [0.25, 0.3) is 5.97 Å². The summed E-state index contributed by atoms with van der Waals surface area (Å²) in [6.07, 6.45) is 23.9. The largest absolute Gasteiger partial charge is 0.520 e. The number of hydrogen-bond acceptors (Lipinski definition) is 2. The Kier molecular flexibility index (Phi) is 17.9. The van der Waals surface area contributed by atoms with Crippen molar-refractivity contribution in [3.63, 3.8) is 0 Å². The van der Waals surface area contributed by atoms with E-state index in [2.05, 4.69) is 26.6 Å². The molecule has 0 spiro atoms. The number of hydrogen-bond donors (Lipinski definition) is 0. The van der Waals surface area contributed by atoms with Crippen LogP contribution in [0.4, 0.5) is 0 Å². The van der Waals surface area contributed by atoms with Gasteiger partial charge >= 0.3 is 0 Å². The van der Waals surface area contributed by atoms with E-state index in [0.717, 1.165) is 6.42 Å². The third-order valence-corrected chi connectivity index (χ3v) is 5.74. The fraction of sp³-hybridized carbons (Fsp3) is 0.957. The molecule has 0 N–H and O–H groups in total. The Morgan fingerprint density at radius 3 is 1.19 bits per heavy atom. The Morgan fingerprint density at radius 2 is 0.885 bits per heavy atom. The van der Waals surface area contributed by atoms with Gasteiger partial charge in [-0.05, 0) is 26.1 Å². The minimum Gasteiger partial charge on any atom is -0.520 e. The summed E-state index contributed by atoms with van der Waals surface area (Å²) in [5.74, 6) is 0.0186. The van der Waals surface area contributed by atoms with E-state index < -0.39 is 8.32 Å². The SMILES string of the molecule is CCCCCCCCCCCCCCCCCCCC(=O)O[Si](C)(C)C. The fourth-order valence-corrected chi connectivity index (χ4v) is 4.17. The molecule has 156 valence electrons. The average molecular weight is 385 g/mol.